The van der Waals surface area contributed by atoms with E-state index in [4.69, 9.17) is 4.52 Å². The molecule has 0 aliphatic rings. The molecule has 0 bridgehead atoms. The number of nitrogens with one attached hydrogen (secondary N) is 1. The van der Waals surface area contributed by atoms with Gasteiger partial charge >= 0.3 is 0 Å². The highest BCUT2D eigenvalue weighted by molar-refractivity contribution is 5.80. The van der Waals surface area contributed by atoms with E-state index in [0.717, 1.165) is 6.54 Å². The van der Waals surface area contributed by atoms with Crippen LogP contribution in [0.15, 0.2) is 41.4 Å². The summed E-state index contributed by atoms with van der Waals surface area (Å²) in [5.41, 5.74) is 2.46. The van der Waals surface area contributed by atoms with Crippen LogP contribution in [0.2, 0.25) is 0 Å². The van der Waals surface area contributed by atoms with Gasteiger partial charge in [-0.1, -0.05) is 11.2 Å². The Kier molecular flexibility index (Phi) is 2.82. The Hall–Kier alpha value is -2.14. The minimum atomic E-state index is 0.630. The summed E-state index contributed by atoms with van der Waals surface area (Å²) in [6, 6.07) is 8.56. The van der Waals surface area contributed by atoms with Crippen LogP contribution in [0.3, 0.4) is 0 Å². The van der Waals surface area contributed by atoms with E-state index in [0.29, 0.717) is 12.4 Å². The molecule has 5 heteroatoms. The van der Waals surface area contributed by atoms with Crippen molar-refractivity contribution < 1.29 is 4.52 Å². The maximum atomic E-state index is 4.74. The first-order valence-corrected chi connectivity index (χ1v) is 5.84. The lowest BCUT2D eigenvalue weighted by molar-refractivity contribution is 0.408. The molecule has 2 aromatic heterocycles. The fraction of sp³-hybridized carbons (Fsp3) is 0.231. The highest BCUT2D eigenvalue weighted by atomic mass is 16.5. The minimum Gasteiger partial charge on any atom is -0.343 e. The fourth-order valence-corrected chi connectivity index (χ4v) is 2.12. The molecule has 0 spiro atoms. The summed E-state index contributed by atoms with van der Waals surface area (Å²) >= 11 is 0. The van der Waals surface area contributed by atoms with Crippen LogP contribution in [0.1, 0.15) is 11.4 Å². The SMILES string of the molecule is CNCc1ccc2c(ccn2Cc2ncon2)c1. The van der Waals surface area contributed by atoms with Crippen LogP contribution in [0.5, 0.6) is 0 Å². The monoisotopic (exact) mass is 242 g/mol. The maximum absolute atomic E-state index is 4.74. The van der Waals surface area contributed by atoms with Crippen LogP contribution in [0.4, 0.5) is 0 Å². The van der Waals surface area contributed by atoms with E-state index in [2.05, 4.69) is 44.3 Å². The first kappa shape index (κ1) is 11.0. The number of nitrogens with zero attached hydrogens (tertiary/aromatic N) is 3. The molecule has 2 heterocycles. The molecule has 0 saturated carbocycles. The van der Waals surface area contributed by atoms with Gasteiger partial charge in [0, 0.05) is 18.3 Å². The Morgan fingerprint density at radius 1 is 1.33 bits per heavy atom. The summed E-state index contributed by atoms with van der Waals surface area (Å²) in [5, 5.41) is 8.21. The molecular formula is C13H14N4O. The summed E-state index contributed by atoms with van der Waals surface area (Å²) in [4.78, 5) is 4.04. The third-order valence-electron chi connectivity index (χ3n) is 2.94. The number of aromatic nitrogens is 3. The Bertz CT molecular complexity index is 642. The summed E-state index contributed by atoms with van der Waals surface area (Å²) in [6.07, 6.45) is 3.40. The predicted molar refractivity (Wildman–Crippen MR) is 68.1 cm³/mol. The van der Waals surface area contributed by atoms with Crippen molar-refractivity contribution in [2.24, 2.45) is 0 Å². The van der Waals surface area contributed by atoms with E-state index in [1.165, 1.54) is 22.9 Å². The van der Waals surface area contributed by atoms with Gasteiger partial charge in [0.2, 0.25) is 6.39 Å². The molecule has 0 aliphatic heterocycles. The van der Waals surface area contributed by atoms with E-state index >= 15 is 0 Å². The van der Waals surface area contributed by atoms with Crippen LogP contribution in [-0.4, -0.2) is 21.8 Å². The standard InChI is InChI=1S/C13H14N4O/c1-14-7-10-2-3-12-11(6-10)4-5-17(12)8-13-15-9-18-16-13/h2-6,9,14H,7-8H2,1H3. The van der Waals surface area contributed by atoms with E-state index in [9.17, 15) is 0 Å². The van der Waals surface area contributed by atoms with Crippen molar-refractivity contribution in [2.45, 2.75) is 13.1 Å². The second-order valence-corrected chi connectivity index (χ2v) is 4.21. The summed E-state index contributed by atoms with van der Waals surface area (Å²) in [6.45, 7) is 1.51. The number of hydrogen-bond donors (Lipinski definition) is 1. The van der Waals surface area contributed by atoms with Gasteiger partial charge in [-0.25, -0.2) is 0 Å². The molecule has 0 fully saturated rings. The van der Waals surface area contributed by atoms with Crippen LogP contribution in [-0.2, 0) is 13.1 Å². The van der Waals surface area contributed by atoms with Crippen LogP contribution >= 0.6 is 0 Å². The van der Waals surface area contributed by atoms with E-state index in [1.807, 2.05) is 13.2 Å². The molecule has 0 amide bonds. The molecule has 1 N–H and O–H groups in total. The van der Waals surface area contributed by atoms with Crippen LogP contribution in [0.25, 0.3) is 10.9 Å². The normalized spacial score (nSPS) is 11.2. The van der Waals surface area contributed by atoms with Gasteiger partial charge in [-0.2, -0.15) is 4.98 Å². The van der Waals surface area contributed by atoms with Gasteiger partial charge in [0.15, 0.2) is 5.82 Å². The first-order chi connectivity index (χ1) is 8.86. The van der Waals surface area contributed by atoms with E-state index in [1.54, 1.807) is 0 Å². The predicted octanol–water partition coefficient (Wildman–Crippen LogP) is 1.79. The molecule has 92 valence electrons. The zero-order chi connectivity index (χ0) is 12.4. The van der Waals surface area contributed by atoms with Gasteiger partial charge in [0.1, 0.15) is 0 Å². The largest absolute Gasteiger partial charge is 0.343 e. The van der Waals surface area contributed by atoms with Crippen molar-refractivity contribution in [3.05, 3.63) is 48.2 Å². The summed E-state index contributed by atoms with van der Waals surface area (Å²) < 4.78 is 6.86. The Balaban J connectivity index is 1.94. The van der Waals surface area contributed by atoms with Crippen molar-refractivity contribution in [3.63, 3.8) is 0 Å². The van der Waals surface area contributed by atoms with E-state index < -0.39 is 0 Å². The molecule has 0 aliphatic carbocycles. The van der Waals surface area contributed by atoms with Crippen molar-refractivity contribution in [2.75, 3.05) is 7.05 Å². The molecule has 0 unspecified atom stereocenters. The second-order valence-electron chi connectivity index (χ2n) is 4.21. The fourth-order valence-electron chi connectivity index (χ4n) is 2.12. The maximum Gasteiger partial charge on any atom is 0.213 e. The zero-order valence-corrected chi connectivity index (χ0v) is 10.1. The highest BCUT2D eigenvalue weighted by Crippen LogP contribution is 2.18. The molecule has 0 saturated heterocycles. The topological polar surface area (TPSA) is 55.9 Å². The van der Waals surface area contributed by atoms with Gasteiger partial charge in [0.05, 0.1) is 6.54 Å². The number of hydrogen-bond acceptors (Lipinski definition) is 4. The number of fused-ring (bicyclic) bond motifs is 1. The molecular weight excluding hydrogens is 228 g/mol. The van der Waals surface area contributed by atoms with Crippen LogP contribution in [0, 0.1) is 0 Å². The molecule has 0 atom stereocenters. The zero-order valence-electron chi connectivity index (χ0n) is 10.1. The Labute approximate surface area is 104 Å². The molecule has 5 nitrogen and oxygen atoms in total. The first-order valence-electron chi connectivity index (χ1n) is 5.84. The van der Waals surface area contributed by atoms with Gasteiger partial charge < -0.3 is 14.4 Å². The average molecular weight is 242 g/mol. The molecule has 1 aromatic carbocycles. The highest BCUT2D eigenvalue weighted by Gasteiger charge is 2.05. The number of benzene rings is 1. The van der Waals surface area contributed by atoms with Crippen molar-refractivity contribution >= 4 is 10.9 Å². The average Bonchev–Trinajstić information content (AvgIpc) is 3.00. The lowest BCUT2D eigenvalue weighted by Gasteiger charge is -2.03. The Morgan fingerprint density at radius 3 is 3.06 bits per heavy atom. The third-order valence-corrected chi connectivity index (χ3v) is 2.94. The van der Waals surface area contributed by atoms with E-state index in [-0.39, 0.29) is 0 Å². The van der Waals surface area contributed by atoms with Gasteiger partial charge in [0.25, 0.3) is 0 Å². The van der Waals surface area contributed by atoms with Crippen LogP contribution < -0.4 is 5.32 Å². The lowest BCUT2D eigenvalue weighted by atomic mass is 10.1. The molecule has 3 rings (SSSR count). The Morgan fingerprint density at radius 2 is 2.28 bits per heavy atom. The van der Waals surface area contributed by atoms with Gasteiger partial charge in [-0.15, -0.1) is 0 Å². The van der Waals surface area contributed by atoms with Gasteiger partial charge in [-0.05, 0) is 36.2 Å². The number of rotatable bonds is 4. The van der Waals surface area contributed by atoms with Gasteiger partial charge in [-0.3, -0.25) is 0 Å². The summed E-state index contributed by atoms with van der Waals surface area (Å²) in [5.74, 6) is 0.687. The van der Waals surface area contributed by atoms with Crippen molar-refractivity contribution in [3.8, 4) is 0 Å². The van der Waals surface area contributed by atoms with Crippen molar-refractivity contribution in [1.29, 1.82) is 0 Å². The minimum absolute atomic E-state index is 0.630. The lowest BCUT2D eigenvalue weighted by Crippen LogP contribution is -2.04. The quantitative estimate of drug-likeness (QED) is 0.757. The van der Waals surface area contributed by atoms with Crippen molar-refractivity contribution in [1.82, 2.24) is 20.0 Å². The molecule has 0 radical (unpaired) electrons. The second kappa shape index (κ2) is 4.62. The molecule has 18 heavy (non-hydrogen) atoms. The smallest absolute Gasteiger partial charge is 0.213 e. The third kappa shape index (κ3) is 2.00. The summed E-state index contributed by atoms with van der Waals surface area (Å²) in [7, 11) is 1.95. The molecule has 3 aromatic rings.